The molecule has 9 nitrogen and oxygen atoms in total. The SMILES string of the molecule is O=C(Cc1ccccc1F)NCCCc1ccc2nnn(C3CCC(=O)NC3=O)c(=O)c2c1. The van der Waals surface area contributed by atoms with Crippen LogP contribution in [0.2, 0.25) is 0 Å². The van der Waals surface area contributed by atoms with Crippen molar-refractivity contribution >= 4 is 28.6 Å². The minimum atomic E-state index is -0.875. The van der Waals surface area contributed by atoms with E-state index in [-0.39, 0.29) is 31.1 Å². The van der Waals surface area contributed by atoms with Gasteiger partial charge in [-0.25, -0.2) is 4.39 Å². The molecule has 170 valence electrons. The molecule has 1 aromatic heterocycles. The molecule has 3 amide bonds. The fourth-order valence-corrected chi connectivity index (χ4v) is 3.77. The molecule has 1 unspecified atom stereocenters. The maximum Gasteiger partial charge on any atom is 0.278 e. The van der Waals surface area contributed by atoms with Gasteiger partial charge < -0.3 is 5.32 Å². The number of piperidine rings is 1. The third-order valence-corrected chi connectivity index (χ3v) is 5.53. The molecular weight excluding hydrogens is 429 g/mol. The quantitative estimate of drug-likeness (QED) is 0.411. The summed E-state index contributed by atoms with van der Waals surface area (Å²) in [5.74, 6) is -1.61. The summed E-state index contributed by atoms with van der Waals surface area (Å²) in [7, 11) is 0. The first-order chi connectivity index (χ1) is 15.9. The molecule has 1 aliphatic heterocycles. The second-order valence-electron chi connectivity index (χ2n) is 7.88. The first-order valence-electron chi connectivity index (χ1n) is 10.6. The average molecular weight is 451 g/mol. The minimum Gasteiger partial charge on any atom is -0.356 e. The van der Waals surface area contributed by atoms with Crippen LogP contribution in [0, 0.1) is 5.82 Å². The Bertz CT molecular complexity index is 1290. The van der Waals surface area contributed by atoms with E-state index in [0.717, 1.165) is 10.2 Å². The highest BCUT2D eigenvalue weighted by Crippen LogP contribution is 2.17. The normalized spacial score (nSPS) is 16.0. The maximum atomic E-state index is 13.7. The van der Waals surface area contributed by atoms with E-state index in [9.17, 15) is 23.6 Å². The van der Waals surface area contributed by atoms with E-state index in [4.69, 9.17) is 0 Å². The van der Waals surface area contributed by atoms with Gasteiger partial charge >= 0.3 is 0 Å². The monoisotopic (exact) mass is 451 g/mol. The van der Waals surface area contributed by atoms with Gasteiger partial charge in [0.1, 0.15) is 17.4 Å². The Morgan fingerprint density at radius 1 is 1.18 bits per heavy atom. The molecule has 0 saturated carbocycles. The maximum absolute atomic E-state index is 13.7. The molecule has 2 aromatic carbocycles. The predicted molar refractivity (Wildman–Crippen MR) is 117 cm³/mol. The number of carbonyl (C=O) groups excluding carboxylic acids is 3. The van der Waals surface area contributed by atoms with Crippen LogP contribution in [0.3, 0.4) is 0 Å². The van der Waals surface area contributed by atoms with Crippen LogP contribution in [0.5, 0.6) is 0 Å². The fourth-order valence-electron chi connectivity index (χ4n) is 3.77. The highest BCUT2D eigenvalue weighted by molar-refractivity contribution is 5.99. The van der Waals surface area contributed by atoms with Crippen LogP contribution < -0.4 is 16.2 Å². The number of hydrogen-bond donors (Lipinski definition) is 2. The Labute approximate surface area is 188 Å². The molecule has 0 bridgehead atoms. The van der Waals surface area contributed by atoms with Crippen LogP contribution in [0.4, 0.5) is 4.39 Å². The number of rotatable bonds is 7. The van der Waals surface area contributed by atoms with Crippen molar-refractivity contribution in [3.8, 4) is 0 Å². The number of aryl methyl sites for hydroxylation is 1. The zero-order chi connectivity index (χ0) is 23.4. The van der Waals surface area contributed by atoms with Crippen molar-refractivity contribution in [2.24, 2.45) is 0 Å². The molecule has 1 saturated heterocycles. The molecule has 3 aromatic rings. The summed E-state index contributed by atoms with van der Waals surface area (Å²) < 4.78 is 14.7. The molecule has 0 spiro atoms. The Hall–Kier alpha value is -3.95. The van der Waals surface area contributed by atoms with Crippen molar-refractivity contribution in [3.63, 3.8) is 0 Å². The van der Waals surface area contributed by atoms with E-state index in [1.807, 2.05) is 6.07 Å². The zero-order valence-electron chi connectivity index (χ0n) is 17.7. The zero-order valence-corrected chi connectivity index (χ0v) is 17.7. The Morgan fingerprint density at radius 2 is 2.00 bits per heavy atom. The van der Waals surface area contributed by atoms with E-state index < -0.39 is 23.3 Å². The number of hydrogen-bond acceptors (Lipinski definition) is 6. The van der Waals surface area contributed by atoms with Crippen LogP contribution in [0.1, 0.15) is 36.4 Å². The number of nitrogens with zero attached hydrogens (tertiary/aromatic N) is 3. The van der Waals surface area contributed by atoms with Crippen molar-refractivity contribution in [3.05, 3.63) is 69.8 Å². The van der Waals surface area contributed by atoms with Crippen LogP contribution in [0.25, 0.3) is 10.9 Å². The van der Waals surface area contributed by atoms with Gasteiger partial charge in [-0.1, -0.05) is 29.5 Å². The number of fused-ring (bicyclic) bond motifs is 1. The average Bonchev–Trinajstić information content (AvgIpc) is 2.79. The molecule has 0 aliphatic carbocycles. The van der Waals surface area contributed by atoms with Crippen molar-refractivity contribution in [2.75, 3.05) is 6.54 Å². The summed E-state index contributed by atoms with van der Waals surface area (Å²) in [6.07, 6.45) is 1.51. The molecule has 4 rings (SSSR count). The van der Waals surface area contributed by atoms with Crippen molar-refractivity contribution in [1.29, 1.82) is 0 Å². The standard InChI is InChI=1S/C23H22FN5O4/c24-17-6-2-1-5-15(17)13-21(31)25-11-3-4-14-7-8-18-16(12-14)23(33)29(28-27-18)19-9-10-20(30)26-22(19)32/h1-2,5-8,12,19H,3-4,9-11,13H2,(H,25,31)(H,26,30,32). The first-order valence-corrected chi connectivity index (χ1v) is 10.6. The van der Waals surface area contributed by atoms with Crippen LogP contribution in [-0.2, 0) is 27.2 Å². The van der Waals surface area contributed by atoms with Crippen molar-refractivity contribution < 1.29 is 18.8 Å². The van der Waals surface area contributed by atoms with Gasteiger partial charge in [-0.15, -0.1) is 5.10 Å². The number of aromatic nitrogens is 3. The van der Waals surface area contributed by atoms with E-state index >= 15 is 0 Å². The molecule has 10 heteroatoms. The Balaban J connectivity index is 1.38. The van der Waals surface area contributed by atoms with Crippen LogP contribution >= 0.6 is 0 Å². The number of benzene rings is 2. The number of amides is 3. The van der Waals surface area contributed by atoms with E-state index in [1.165, 1.54) is 6.07 Å². The van der Waals surface area contributed by atoms with E-state index in [1.54, 1.807) is 30.3 Å². The van der Waals surface area contributed by atoms with Crippen molar-refractivity contribution in [1.82, 2.24) is 25.6 Å². The van der Waals surface area contributed by atoms with Gasteiger partial charge in [0.25, 0.3) is 11.5 Å². The number of carbonyl (C=O) groups is 3. The molecular formula is C23H22FN5O4. The molecule has 0 radical (unpaired) electrons. The first kappa shape index (κ1) is 22.3. The topological polar surface area (TPSA) is 123 Å². The van der Waals surface area contributed by atoms with Crippen molar-refractivity contribution in [2.45, 2.75) is 38.1 Å². The van der Waals surface area contributed by atoms with Gasteiger partial charge in [-0.2, -0.15) is 4.68 Å². The smallest absolute Gasteiger partial charge is 0.278 e. The van der Waals surface area contributed by atoms with E-state index in [2.05, 4.69) is 20.9 Å². The lowest BCUT2D eigenvalue weighted by Gasteiger charge is -2.21. The summed E-state index contributed by atoms with van der Waals surface area (Å²) in [5, 5.41) is 13.2. The molecule has 1 aliphatic rings. The van der Waals surface area contributed by atoms with Crippen LogP contribution in [-0.4, -0.2) is 39.3 Å². The third kappa shape index (κ3) is 5.11. The number of halogens is 1. The summed E-state index contributed by atoms with van der Waals surface area (Å²) in [6, 6.07) is 10.5. The Kier molecular flexibility index (Phi) is 6.53. The second kappa shape index (κ2) is 9.68. The van der Waals surface area contributed by atoms with Crippen LogP contribution in [0.15, 0.2) is 47.3 Å². The Morgan fingerprint density at radius 3 is 2.79 bits per heavy atom. The fraction of sp³-hybridized carbons (Fsp3) is 0.304. The lowest BCUT2D eigenvalue weighted by atomic mass is 10.1. The highest BCUT2D eigenvalue weighted by atomic mass is 19.1. The second-order valence-corrected chi connectivity index (χ2v) is 7.88. The summed E-state index contributed by atoms with van der Waals surface area (Å²) in [4.78, 5) is 48.5. The molecule has 1 fully saturated rings. The number of imide groups is 1. The lowest BCUT2D eigenvalue weighted by Crippen LogP contribution is -2.45. The lowest BCUT2D eigenvalue weighted by molar-refractivity contribution is -0.136. The minimum absolute atomic E-state index is 0.0266. The summed E-state index contributed by atoms with van der Waals surface area (Å²) in [5.41, 5.74) is 1.17. The van der Waals surface area contributed by atoms with E-state index in [0.29, 0.717) is 35.9 Å². The van der Waals surface area contributed by atoms with Gasteiger partial charge in [0.05, 0.1) is 11.8 Å². The molecule has 2 heterocycles. The molecule has 33 heavy (non-hydrogen) atoms. The molecule has 1 atom stereocenters. The van der Waals surface area contributed by atoms with Gasteiger partial charge in [0.15, 0.2) is 0 Å². The van der Waals surface area contributed by atoms with Gasteiger partial charge in [-0.3, -0.25) is 24.5 Å². The largest absolute Gasteiger partial charge is 0.356 e. The van der Waals surface area contributed by atoms with Gasteiger partial charge in [0, 0.05) is 13.0 Å². The third-order valence-electron chi connectivity index (χ3n) is 5.53. The number of nitrogens with one attached hydrogen (secondary N) is 2. The van der Waals surface area contributed by atoms with Gasteiger partial charge in [-0.05, 0) is 48.6 Å². The highest BCUT2D eigenvalue weighted by Gasteiger charge is 2.30. The predicted octanol–water partition coefficient (Wildman–Crippen LogP) is 1.20. The summed E-state index contributed by atoms with van der Waals surface area (Å²) in [6.45, 7) is 0.403. The summed E-state index contributed by atoms with van der Waals surface area (Å²) >= 11 is 0. The molecule has 2 N–H and O–H groups in total. The van der Waals surface area contributed by atoms with Gasteiger partial charge in [0.2, 0.25) is 11.8 Å².